The van der Waals surface area contributed by atoms with Crippen LogP contribution in [-0.2, 0) is 0 Å². The van der Waals surface area contributed by atoms with Crippen molar-refractivity contribution in [2.45, 2.75) is 58.0 Å². The van der Waals surface area contributed by atoms with E-state index in [0.717, 1.165) is 12.6 Å². The molecule has 0 spiro atoms. The zero-order valence-corrected chi connectivity index (χ0v) is 12.3. The van der Waals surface area contributed by atoms with Gasteiger partial charge in [0.25, 0.3) is 0 Å². The second-order valence-electron chi connectivity index (χ2n) is 6.09. The van der Waals surface area contributed by atoms with Gasteiger partial charge < -0.3 is 10.2 Å². The molecule has 2 fully saturated rings. The van der Waals surface area contributed by atoms with Crippen molar-refractivity contribution in [1.29, 1.82) is 0 Å². The number of rotatable bonds is 7. The summed E-state index contributed by atoms with van der Waals surface area (Å²) >= 11 is 0. The fraction of sp³-hybridized carbons (Fsp3) is 1.00. The van der Waals surface area contributed by atoms with Crippen LogP contribution in [0, 0.1) is 0 Å². The zero-order valence-electron chi connectivity index (χ0n) is 12.3. The Morgan fingerprint density at radius 2 is 2.00 bits per heavy atom. The third-order valence-electron chi connectivity index (χ3n) is 4.57. The Labute approximate surface area is 113 Å². The standard InChI is InChI=1S/C15H31N3/c1-3-16-14(2)7-6-9-17-12-8-15(13-17)18-10-4-5-11-18/h14-16H,3-13H2,1-2H3. The predicted octanol–water partition coefficient (Wildman–Crippen LogP) is 1.93. The lowest BCUT2D eigenvalue weighted by molar-refractivity contribution is 0.230. The van der Waals surface area contributed by atoms with Gasteiger partial charge in [0, 0.05) is 18.6 Å². The summed E-state index contributed by atoms with van der Waals surface area (Å²) in [5.74, 6) is 0. The summed E-state index contributed by atoms with van der Waals surface area (Å²) in [6, 6.07) is 1.56. The maximum atomic E-state index is 3.50. The number of hydrogen-bond donors (Lipinski definition) is 1. The Morgan fingerprint density at radius 1 is 1.22 bits per heavy atom. The van der Waals surface area contributed by atoms with Crippen LogP contribution in [-0.4, -0.2) is 61.2 Å². The SMILES string of the molecule is CCNC(C)CCCN1CCC(N2CCCC2)C1. The van der Waals surface area contributed by atoms with Crippen LogP contribution in [0.4, 0.5) is 0 Å². The lowest BCUT2D eigenvalue weighted by atomic mass is 10.2. The number of nitrogens with one attached hydrogen (secondary N) is 1. The number of likely N-dealkylation sites (tertiary alicyclic amines) is 2. The maximum Gasteiger partial charge on any atom is 0.0235 e. The summed E-state index contributed by atoms with van der Waals surface area (Å²) in [4.78, 5) is 5.41. The highest BCUT2D eigenvalue weighted by Gasteiger charge is 2.28. The molecule has 2 atom stereocenters. The molecule has 0 bridgehead atoms. The van der Waals surface area contributed by atoms with Crippen LogP contribution < -0.4 is 5.32 Å². The van der Waals surface area contributed by atoms with Gasteiger partial charge in [-0.25, -0.2) is 0 Å². The van der Waals surface area contributed by atoms with Crippen LogP contribution in [0.5, 0.6) is 0 Å². The van der Waals surface area contributed by atoms with Gasteiger partial charge in [-0.15, -0.1) is 0 Å². The van der Waals surface area contributed by atoms with Gasteiger partial charge in [-0.3, -0.25) is 4.90 Å². The second-order valence-corrected chi connectivity index (χ2v) is 6.09. The van der Waals surface area contributed by atoms with E-state index in [0.29, 0.717) is 6.04 Å². The van der Waals surface area contributed by atoms with Gasteiger partial charge in [-0.1, -0.05) is 6.92 Å². The van der Waals surface area contributed by atoms with E-state index in [9.17, 15) is 0 Å². The van der Waals surface area contributed by atoms with Crippen LogP contribution >= 0.6 is 0 Å². The fourth-order valence-electron chi connectivity index (χ4n) is 3.49. The van der Waals surface area contributed by atoms with Crippen molar-refractivity contribution in [3.63, 3.8) is 0 Å². The monoisotopic (exact) mass is 253 g/mol. The van der Waals surface area contributed by atoms with Gasteiger partial charge in [0.15, 0.2) is 0 Å². The molecule has 0 aromatic rings. The molecule has 2 unspecified atom stereocenters. The molecule has 2 aliphatic rings. The van der Waals surface area contributed by atoms with Crippen molar-refractivity contribution in [3.05, 3.63) is 0 Å². The molecule has 0 saturated carbocycles. The molecule has 1 N–H and O–H groups in total. The van der Waals surface area contributed by atoms with Crippen molar-refractivity contribution < 1.29 is 0 Å². The molecule has 3 heteroatoms. The molecule has 0 aromatic heterocycles. The molecular weight excluding hydrogens is 222 g/mol. The molecule has 2 rings (SSSR count). The van der Waals surface area contributed by atoms with Crippen molar-refractivity contribution in [2.24, 2.45) is 0 Å². The summed E-state index contributed by atoms with van der Waals surface area (Å²) in [6.45, 7) is 12.3. The summed E-state index contributed by atoms with van der Waals surface area (Å²) in [6.07, 6.45) is 6.93. The first-order chi connectivity index (χ1) is 8.79. The molecule has 18 heavy (non-hydrogen) atoms. The van der Waals surface area contributed by atoms with Gasteiger partial charge in [0.05, 0.1) is 0 Å². The third-order valence-corrected chi connectivity index (χ3v) is 4.57. The largest absolute Gasteiger partial charge is 0.315 e. The highest BCUT2D eigenvalue weighted by Crippen LogP contribution is 2.20. The van der Waals surface area contributed by atoms with Gasteiger partial charge in [0.1, 0.15) is 0 Å². The smallest absolute Gasteiger partial charge is 0.0235 e. The lowest BCUT2D eigenvalue weighted by Crippen LogP contribution is -2.35. The Bertz CT molecular complexity index is 226. The van der Waals surface area contributed by atoms with Crippen molar-refractivity contribution in [3.8, 4) is 0 Å². The highest BCUT2D eigenvalue weighted by atomic mass is 15.3. The van der Waals surface area contributed by atoms with Crippen LogP contribution in [0.15, 0.2) is 0 Å². The zero-order chi connectivity index (χ0) is 12.8. The molecule has 0 aromatic carbocycles. The topological polar surface area (TPSA) is 18.5 Å². The van der Waals surface area contributed by atoms with Gasteiger partial charge in [-0.2, -0.15) is 0 Å². The van der Waals surface area contributed by atoms with Crippen LogP contribution in [0.2, 0.25) is 0 Å². The maximum absolute atomic E-state index is 3.50. The minimum absolute atomic E-state index is 0.687. The van der Waals surface area contributed by atoms with E-state index < -0.39 is 0 Å². The van der Waals surface area contributed by atoms with E-state index in [1.54, 1.807) is 0 Å². The first-order valence-electron chi connectivity index (χ1n) is 7.99. The van der Waals surface area contributed by atoms with E-state index in [2.05, 4.69) is 29.0 Å². The second kappa shape index (κ2) is 7.46. The molecule has 3 nitrogen and oxygen atoms in total. The molecule has 0 amide bonds. The Balaban J connectivity index is 1.58. The quantitative estimate of drug-likeness (QED) is 0.748. The van der Waals surface area contributed by atoms with Gasteiger partial charge in [0.2, 0.25) is 0 Å². The normalized spacial score (nSPS) is 28.0. The molecule has 106 valence electrons. The highest BCUT2D eigenvalue weighted by molar-refractivity contribution is 4.85. The van der Waals surface area contributed by atoms with E-state index in [4.69, 9.17) is 0 Å². The Hall–Kier alpha value is -0.120. The molecule has 0 aliphatic carbocycles. The molecule has 0 radical (unpaired) electrons. The van der Waals surface area contributed by atoms with Crippen molar-refractivity contribution >= 4 is 0 Å². The Kier molecular flexibility index (Phi) is 5.93. The molecular formula is C15H31N3. The predicted molar refractivity (Wildman–Crippen MR) is 78.0 cm³/mol. The molecule has 2 saturated heterocycles. The van der Waals surface area contributed by atoms with Crippen molar-refractivity contribution in [2.75, 3.05) is 39.3 Å². The summed E-state index contributed by atoms with van der Waals surface area (Å²) in [5, 5.41) is 3.50. The molecule has 2 heterocycles. The van der Waals surface area contributed by atoms with Gasteiger partial charge in [-0.05, 0) is 71.8 Å². The summed E-state index contributed by atoms with van der Waals surface area (Å²) in [5.41, 5.74) is 0. The van der Waals surface area contributed by atoms with Crippen LogP contribution in [0.25, 0.3) is 0 Å². The minimum atomic E-state index is 0.687. The first-order valence-corrected chi connectivity index (χ1v) is 7.99. The summed E-state index contributed by atoms with van der Waals surface area (Å²) in [7, 11) is 0. The van der Waals surface area contributed by atoms with E-state index in [1.807, 2.05) is 0 Å². The van der Waals surface area contributed by atoms with E-state index >= 15 is 0 Å². The Morgan fingerprint density at radius 3 is 2.72 bits per heavy atom. The van der Waals surface area contributed by atoms with E-state index in [-0.39, 0.29) is 0 Å². The average molecular weight is 253 g/mol. The molecule has 2 aliphatic heterocycles. The average Bonchev–Trinajstić information content (AvgIpc) is 2.99. The third kappa shape index (κ3) is 4.22. The number of hydrogen-bond acceptors (Lipinski definition) is 3. The first kappa shape index (κ1) is 14.3. The van der Waals surface area contributed by atoms with Crippen LogP contribution in [0.1, 0.15) is 46.0 Å². The number of nitrogens with zero attached hydrogens (tertiary/aromatic N) is 2. The van der Waals surface area contributed by atoms with Gasteiger partial charge >= 0.3 is 0 Å². The lowest BCUT2D eigenvalue weighted by Gasteiger charge is -2.24. The van der Waals surface area contributed by atoms with E-state index in [1.165, 1.54) is 64.8 Å². The van der Waals surface area contributed by atoms with Crippen LogP contribution in [0.3, 0.4) is 0 Å². The summed E-state index contributed by atoms with van der Waals surface area (Å²) < 4.78 is 0. The minimum Gasteiger partial charge on any atom is -0.315 e. The fourth-order valence-corrected chi connectivity index (χ4v) is 3.49. The van der Waals surface area contributed by atoms with Crippen molar-refractivity contribution in [1.82, 2.24) is 15.1 Å².